The Balaban J connectivity index is 2.20. The molecule has 2 rings (SSSR count). The molecule has 0 aliphatic carbocycles. The Hall–Kier alpha value is -1.55. The van der Waals surface area contributed by atoms with E-state index in [2.05, 4.69) is 0 Å². The van der Waals surface area contributed by atoms with Gasteiger partial charge in [0.05, 0.1) is 13.2 Å². The van der Waals surface area contributed by atoms with Crippen molar-refractivity contribution in [1.29, 1.82) is 0 Å². The molecule has 0 atom stereocenters. The number of amides is 1. The molecule has 0 saturated carbocycles. The number of nitrogens with zero attached hydrogens (tertiary/aromatic N) is 1. The minimum Gasteiger partial charge on any atom is -0.447 e. The van der Waals surface area contributed by atoms with Crippen LogP contribution >= 0.6 is 0 Å². The van der Waals surface area contributed by atoms with Gasteiger partial charge in [-0.15, -0.1) is 0 Å². The minimum absolute atomic E-state index is 0.0186. The van der Waals surface area contributed by atoms with Crippen molar-refractivity contribution in [2.24, 2.45) is 0 Å². The highest BCUT2D eigenvalue weighted by Crippen LogP contribution is 2.18. The molecular formula is C10H11NO3. The molecule has 1 aliphatic rings. The lowest BCUT2D eigenvalue weighted by Crippen LogP contribution is -2.23. The number of hydrogen-bond donors (Lipinski definition) is 1. The highest BCUT2D eigenvalue weighted by molar-refractivity contribution is 5.89. The van der Waals surface area contributed by atoms with E-state index in [-0.39, 0.29) is 12.7 Å². The Bertz CT molecular complexity index is 334. The number of carbonyl (C=O) groups excluding carboxylic acids is 1. The molecule has 1 amide bonds. The Kier molecular flexibility index (Phi) is 2.37. The average molecular weight is 193 g/mol. The Morgan fingerprint density at radius 2 is 2.07 bits per heavy atom. The molecule has 0 spiro atoms. The summed E-state index contributed by atoms with van der Waals surface area (Å²) < 4.78 is 4.81. The maximum absolute atomic E-state index is 11.2. The Morgan fingerprint density at radius 3 is 2.57 bits per heavy atom. The fraction of sp³-hybridized carbons (Fsp3) is 0.300. The molecule has 4 heteroatoms. The van der Waals surface area contributed by atoms with Gasteiger partial charge in [0, 0.05) is 5.69 Å². The molecule has 14 heavy (non-hydrogen) atoms. The van der Waals surface area contributed by atoms with E-state index in [4.69, 9.17) is 9.84 Å². The van der Waals surface area contributed by atoms with Gasteiger partial charge in [-0.2, -0.15) is 0 Å². The van der Waals surface area contributed by atoms with Crippen LogP contribution in [-0.4, -0.2) is 24.4 Å². The van der Waals surface area contributed by atoms with Crippen molar-refractivity contribution in [2.75, 3.05) is 18.1 Å². The molecule has 1 N–H and O–H groups in total. The third-order valence-electron chi connectivity index (χ3n) is 2.19. The minimum atomic E-state index is -0.304. The molecule has 1 saturated heterocycles. The standard InChI is InChI=1S/C10H11NO3/c12-7-8-1-3-9(4-2-8)11-5-6-14-10(11)13/h1-4,12H,5-7H2. The van der Waals surface area contributed by atoms with E-state index in [9.17, 15) is 4.79 Å². The summed E-state index contributed by atoms with van der Waals surface area (Å²) in [5.41, 5.74) is 1.64. The van der Waals surface area contributed by atoms with E-state index in [1.54, 1.807) is 29.2 Å². The van der Waals surface area contributed by atoms with E-state index < -0.39 is 0 Å². The molecule has 1 aromatic carbocycles. The van der Waals surface area contributed by atoms with E-state index in [1.165, 1.54) is 0 Å². The summed E-state index contributed by atoms with van der Waals surface area (Å²) >= 11 is 0. The third-order valence-corrected chi connectivity index (χ3v) is 2.19. The van der Waals surface area contributed by atoms with E-state index in [1.807, 2.05) is 0 Å². The van der Waals surface area contributed by atoms with Gasteiger partial charge in [-0.25, -0.2) is 4.79 Å². The van der Waals surface area contributed by atoms with Gasteiger partial charge in [0.15, 0.2) is 0 Å². The van der Waals surface area contributed by atoms with Crippen molar-refractivity contribution in [3.63, 3.8) is 0 Å². The predicted molar refractivity (Wildman–Crippen MR) is 51.1 cm³/mol. The summed E-state index contributed by atoms with van der Waals surface area (Å²) in [4.78, 5) is 12.8. The van der Waals surface area contributed by atoms with Gasteiger partial charge in [0.1, 0.15) is 6.61 Å². The second kappa shape index (κ2) is 3.67. The second-order valence-corrected chi connectivity index (χ2v) is 3.09. The van der Waals surface area contributed by atoms with Gasteiger partial charge in [-0.05, 0) is 17.7 Å². The van der Waals surface area contributed by atoms with Crippen molar-refractivity contribution in [3.8, 4) is 0 Å². The zero-order valence-corrected chi connectivity index (χ0v) is 7.64. The van der Waals surface area contributed by atoms with Crippen LogP contribution in [0.1, 0.15) is 5.56 Å². The normalized spacial score (nSPS) is 15.8. The molecule has 0 aromatic heterocycles. The second-order valence-electron chi connectivity index (χ2n) is 3.09. The zero-order chi connectivity index (χ0) is 9.97. The molecule has 0 bridgehead atoms. The van der Waals surface area contributed by atoms with Gasteiger partial charge in [0.25, 0.3) is 0 Å². The van der Waals surface area contributed by atoms with Crippen LogP contribution in [0.2, 0.25) is 0 Å². The Labute approximate surface area is 81.7 Å². The molecular weight excluding hydrogens is 182 g/mol. The first-order valence-electron chi connectivity index (χ1n) is 4.45. The first-order chi connectivity index (χ1) is 6.81. The number of cyclic esters (lactones) is 1. The van der Waals surface area contributed by atoms with Crippen LogP contribution in [0.25, 0.3) is 0 Å². The lowest BCUT2D eigenvalue weighted by molar-refractivity contribution is 0.181. The van der Waals surface area contributed by atoms with E-state index >= 15 is 0 Å². The topological polar surface area (TPSA) is 49.8 Å². The molecule has 0 radical (unpaired) electrons. The van der Waals surface area contributed by atoms with E-state index in [0.29, 0.717) is 13.2 Å². The lowest BCUT2D eigenvalue weighted by atomic mass is 10.2. The van der Waals surface area contributed by atoms with Crippen molar-refractivity contribution in [1.82, 2.24) is 0 Å². The van der Waals surface area contributed by atoms with Crippen molar-refractivity contribution in [2.45, 2.75) is 6.61 Å². The third kappa shape index (κ3) is 1.56. The number of anilines is 1. The number of aliphatic hydroxyl groups excluding tert-OH is 1. The van der Waals surface area contributed by atoms with Crippen molar-refractivity contribution >= 4 is 11.8 Å². The highest BCUT2D eigenvalue weighted by Gasteiger charge is 2.22. The van der Waals surface area contributed by atoms with Crippen LogP contribution in [0.5, 0.6) is 0 Å². The first kappa shape index (κ1) is 9.02. The largest absolute Gasteiger partial charge is 0.447 e. The number of rotatable bonds is 2. The number of hydrogen-bond acceptors (Lipinski definition) is 3. The molecule has 1 aliphatic heterocycles. The van der Waals surface area contributed by atoms with Gasteiger partial charge in [0.2, 0.25) is 0 Å². The predicted octanol–water partition coefficient (Wildman–Crippen LogP) is 1.14. The van der Waals surface area contributed by atoms with Crippen LogP contribution < -0.4 is 4.90 Å². The molecule has 74 valence electrons. The lowest BCUT2D eigenvalue weighted by Gasteiger charge is -2.12. The average Bonchev–Trinajstić information content (AvgIpc) is 2.65. The quantitative estimate of drug-likeness (QED) is 0.766. The van der Waals surface area contributed by atoms with Crippen LogP contribution in [0.4, 0.5) is 10.5 Å². The maximum Gasteiger partial charge on any atom is 0.414 e. The fourth-order valence-electron chi connectivity index (χ4n) is 1.41. The smallest absolute Gasteiger partial charge is 0.414 e. The fourth-order valence-corrected chi connectivity index (χ4v) is 1.41. The Morgan fingerprint density at radius 1 is 1.36 bits per heavy atom. The monoisotopic (exact) mass is 193 g/mol. The summed E-state index contributed by atoms with van der Waals surface area (Å²) in [5, 5.41) is 8.84. The van der Waals surface area contributed by atoms with Crippen LogP contribution in [0.3, 0.4) is 0 Å². The number of ether oxygens (including phenoxy) is 1. The summed E-state index contributed by atoms with van der Waals surface area (Å²) in [6.45, 7) is 1.06. The van der Waals surface area contributed by atoms with Gasteiger partial charge in [-0.1, -0.05) is 12.1 Å². The maximum atomic E-state index is 11.2. The van der Waals surface area contributed by atoms with Crippen molar-refractivity contribution in [3.05, 3.63) is 29.8 Å². The molecule has 1 fully saturated rings. The molecule has 1 heterocycles. The summed E-state index contributed by atoms with van der Waals surface area (Å²) in [6.07, 6.45) is -0.304. The van der Waals surface area contributed by atoms with E-state index in [0.717, 1.165) is 11.3 Å². The molecule has 1 aromatic rings. The molecule has 0 unspecified atom stereocenters. The number of carbonyl (C=O) groups is 1. The van der Waals surface area contributed by atoms with Crippen LogP contribution in [0.15, 0.2) is 24.3 Å². The summed E-state index contributed by atoms with van der Waals surface area (Å²) in [5.74, 6) is 0. The number of aliphatic hydroxyl groups is 1. The molecule has 4 nitrogen and oxygen atoms in total. The van der Waals surface area contributed by atoms with Gasteiger partial charge in [-0.3, -0.25) is 4.90 Å². The first-order valence-corrected chi connectivity index (χ1v) is 4.45. The highest BCUT2D eigenvalue weighted by atomic mass is 16.6. The summed E-state index contributed by atoms with van der Waals surface area (Å²) in [6, 6.07) is 7.19. The van der Waals surface area contributed by atoms with Gasteiger partial charge < -0.3 is 9.84 Å². The van der Waals surface area contributed by atoms with Gasteiger partial charge >= 0.3 is 6.09 Å². The van der Waals surface area contributed by atoms with Crippen molar-refractivity contribution < 1.29 is 14.6 Å². The van der Waals surface area contributed by atoms with Crippen LogP contribution in [0, 0.1) is 0 Å². The van der Waals surface area contributed by atoms with Crippen LogP contribution in [-0.2, 0) is 11.3 Å². The zero-order valence-electron chi connectivity index (χ0n) is 7.64. The SMILES string of the molecule is O=C1OCCN1c1ccc(CO)cc1. The number of benzene rings is 1. The summed E-state index contributed by atoms with van der Waals surface area (Å²) in [7, 11) is 0.